The molecule has 0 aliphatic heterocycles. The molecule has 0 bridgehead atoms. The van der Waals surface area contributed by atoms with Crippen molar-refractivity contribution in [2.24, 2.45) is 0 Å². The molecule has 0 unspecified atom stereocenters. The highest BCUT2D eigenvalue weighted by atomic mass is 16.5. The molecule has 1 atom stereocenters. The van der Waals surface area contributed by atoms with E-state index in [-0.39, 0.29) is 6.10 Å². The van der Waals surface area contributed by atoms with Crippen LogP contribution in [0.3, 0.4) is 0 Å². The SMILES string of the molecule is CCCCCC[C@@H](C)Oc1ccc(-c2ccc(C(=O)O)cc2)cc1. The fourth-order valence-electron chi connectivity index (χ4n) is 2.68. The summed E-state index contributed by atoms with van der Waals surface area (Å²) in [4.78, 5) is 10.9. The largest absolute Gasteiger partial charge is 0.491 e. The number of benzene rings is 2. The predicted octanol–water partition coefficient (Wildman–Crippen LogP) is 5.79. The van der Waals surface area contributed by atoms with Crippen LogP contribution in [0.2, 0.25) is 0 Å². The van der Waals surface area contributed by atoms with Crippen molar-refractivity contribution in [1.82, 2.24) is 0 Å². The molecule has 0 amide bonds. The molecular weight excluding hydrogens is 300 g/mol. The number of hydrogen-bond donors (Lipinski definition) is 1. The highest BCUT2D eigenvalue weighted by Gasteiger charge is 2.06. The van der Waals surface area contributed by atoms with Gasteiger partial charge in [-0.15, -0.1) is 0 Å². The van der Waals surface area contributed by atoms with Crippen molar-refractivity contribution in [3.8, 4) is 16.9 Å². The lowest BCUT2D eigenvalue weighted by Gasteiger charge is -2.15. The summed E-state index contributed by atoms with van der Waals surface area (Å²) in [6.45, 7) is 4.33. The summed E-state index contributed by atoms with van der Waals surface area (Å²) in [5, 5.41) is 8.94. The average Bonchev–Trinajstić information content (AvgIpc) is 2.59. The molecule has 2 aromatic carbocycles. The van der Waals surface area contributed by atoms with Crippen LogP contribution in [0.5, 0.6) is 5.75 Å². The number of carboxylic acid groups (broad SMARTS) is 1. The third-order valence-electron chi connectivity index (χ3n) is 4.12. The van der Waals surface area contributed by atoms with Crippen LogP contribution < -0.4 is 4.74 Å². The number of rotatable bonds is 9. The predicted molar refractivity (Wildman–Crippen MR) is 97.7 cm³/mol. The Balaban J connectivity index is 1.91. The van der Waals surface area contributed by atoms with E-state index in [4.69, 9.17) is 9.84 Å². The van der Waals surface area contributed by atoms with E-state index in [1.165, 1.54) is 25.7 Å². The third kappa shape index (κ3) is 5.41. The van der Waals surface area contributed by atoms with E-state index in [0.29, 0.717) is 5.56 Å². The highest BCUT2D eigenvalue weighted by Crippen LogP contribution is 2.24. The fraction of sp³-hybridized carbons (Fsp3) is 0.381. The molecule has 128 valence electrons. The molecule has 3 nitrogen and oxygen atoms in total. The summed E-state index contributed by atoms with van der Waals surface area (Å²) >= 11 is 0. The van der Waals surface area contributed by atoms with E-state index in [1.807, 2.05) is 36.4 Å². The first kappa shape index (κ1) is 18.1. The van der Waals surface area contributed by atoms with Crippen LogP contribution in [0.15, 0.2) is 48.5 Å². The van der Waals surface area contributed by atoms with Crippen molar-refractivity contribution in [2.45, 2.75) is 52.1 Å². The Labute approximate surface area is 144 Å². The van der Waals surface area contributed by atoms with E-state index >= 15 is 0 Å². The quantitative estimate of drug-likeness (QED) is 0.593. The maximum absolute atomic E-state index is 10.9. The second-order valence-electron chi connectivity index (χ2n) is 6.18. The van der Waals surface area contributed by atoms with Gasteiger partial charge < -0.3 is 9.84 Å². The van der Waals surface area contributed by atoms with Crippen molar-refractivity contribution in [3.05, 3.63) is 54.1 Å². The lowest BCUT2D eigenvalue weighted by molar-refractivity contribution is 0.0697. The van der Waals surface area contributed by atoms with Gasteiger partial charge in [0.25, 0.3) is 0 Å². The van der Waals surface area contributed by atoms with Crippen LogP contribution in [0.1, 0.15) is 56.3 Å². The standard InChI is InChI=1S/C21H26O3/c1-3-4-5-6-7-16(2)24-20-14-12-18(13-15-20)17-8-10-19(11-9-17)21(22)23/h8-16H,3-7H2,1-2H3,(H,22,23)/t16-/m1/s1. The van der Waals surface area contributed by atoms with Gasteiger partial charge >= 0.3 is 5.97 Å². The van der Waals surface area contributed by atoms with Gasteiger partial charge in [-0.05, 0) is 55.2 Å². The zero-order valence-electron chi connectivity index (χ0n) is 14.5. The number of unbranched alkanes of at least 4 members (excludes halogenated alkanes) is 3. The lowest BCUT2D eigenvalue weighted by atomic mass is 10.0. The molecule has 0 radical (unpaired) electrons. The molecule has 0 aliphatic rings. The Morgan fingerprint density at radius 3 is 2.08 bits per heavy atom. The summed E-state index contributed by atoms with van der Waals surface area (Å²) in [5.74, 6) is -0.0258. The van der Waals surface area contributed by atoms with Crippen molar-refractivity contribution < 1.29 is 14.6 Å². The monoisotopic (exact) mass is 326 g/mol. The summed E-state index contributed by atoms with van der Waals surface area (Å²) in [7, 11) is 0. The van der Waals surface area contributed by atoms with Crippen LogP contribution in [0, 0.1) is 0 Å². The van der Waals surface area contributed by atoms with E-state index in [1.54, 1.807) is 12.1 Å². The summed E-state index contributed by atoms with van der Waals surface area (Å²) in [5.41, 5.74) is 2.35. The molecule has 1 N–H and O–H groups in total. The van der Waals surface area contributed by atoms with Crippen LogP contribution in [0.25, 0.3) is 11.1 Å². The average molecular weight is 326 g/mol. The van der Waals surface area contributed by atoms with Crippen LogP contribution in [-0.4, -0.2) is 17.2 Å². The van der Waals surface area contributed by atoms with Gasteiger partial charge in [0.2, 0.25) is 0 Å². The smallest absolute Gasteiger partial charge is 0.335 e. The number of carbonyl (C=O) groups is 1. The number of hydrogen-bond acceptors (Lipinski definition) is 2. The molecule has 0 aromatic heterocycles. The number of carboxylic acids is 1. The topological polar surface area (TPSA) is 46.5 Å². The van der Waals surface area contributed by atoms with Crippen molar-refractivity contribution in [3.63, 3.8) is 0 Å². The summed E-state index contributed by atoms with van der Waals surface area (Å²) in [6.07, 6.45) is 6.34. The van der Waals surface area contributed by atoms with Crippen molar-refractivity contribution >= 4 is 5.97 Å². The van der Waals surface area contributed by atoms with Crippen molar-refractivity contribution in [2.75, 3.05) is 0 Å². The first-order valence-electron chi connectivity index (χ1n) is 8.70. The van der Waals surface area contributed by atoms with Crippen LogP contribution >= 0.6 is 0 Å². The number of ether oxygens (including phenoxy) is 1. The Morgan fingerprint density at radius 2 is 1.54 bits per heavy atom. The van der Waals surface area contributed by atoms with Gasteiger partial charge in [-0.3, -0.25) is 0 Å². The van der Waals surface area contributed by atoms with Gasteiger partial charge in [-0.1, -0.05) is 50.5 Å². The van der Waals surface area contributed by atoms with E-state index < -0.39 is 5.97 Å². The van der Waals surface area contributed by atoms with E-state index in [9.17, 15) is 4.79 Å². The van der Waals surface area contributed by atoms with Crippen LogP contribution in [-0.2, 0) is 0 Å². The third-order valence-corrected chi connectivity index (χ3v) is 4.12. The maximum Gasteiger partial charge on any atom is 0.335 e. The second-order valence-corrected chi connectivity index (χ2v) is 6.18. The maximum atomic E-state index is 10.9. The van der Waals surface area contributed by atoms with Gasteiger partial charge in [0.05, 0.1) is 11.7 Å². The Bertz CT molecular complexity index is 629. The zero-order valence-corrected chi connectivity index (χ0v) is 14.5. The molecule has 0 saturated carbocycles. The normalized spacial score (nSPS) is 11.9. The van der Waals surface area contributed by atoms with Gasteiger partial charge in [0.15, 0.2) is 0 Å². The molecular formula is C21H26O3. The van der Waals surface area contributed by atoms with Crippen LogP contribution in [0.4, 0.5) is 0 Å². The molecule has 0 spiro atoms. The molecule has 24 heavy (non-hydrogen) atoms. The van der Waals surface area contributed by atoms with Gasteiger partial charge in [-0.25, -0.2) is 4.79 Å². The van der Waals surface area contributed by atoms with Gasteiger partial charge in [0, 0.05) is 0 Å². The van der Waals surface area contributed by atoms with E-state index in [2.05, 4.69) is 13.8 Å². The lowest BCUT2D eigenvalue weighted by Crippen LogP contribution is -2.11. The minimum absolute atomic E-state index is 0.225. The second kappa shape index (κ2) is 9.11. The molecule has 0 aliphatic carbocycles. The summed E-state index contributed by atoms with van der Waals surface area (Å²) in [6, 6.07) is 14.9. The highest BCUT2D eigenvalue weighted by molar-refractivity contribution is 5.88. The molecule has 3 heteroatoms. The first-order valence-corrected chi connectivity index (χ1v) is 8.70. The Kier molecular flexibility index (Phi) is 6.86. The molecule has 2 aromatic rings. The van der Waals surface area contributed by atoms with E-state index in [0.717, 1.165) is 23.3 Å². The minimum atomic E-state index is -0.904. The molecule has 0 heterocycles. The molecule has 2 rings (SSSR count). The first-order chi connectivity index (χ1) is 11.6. The Hall–Kier alpha value is -2.29. The Morgan fingerprint density at radius 1 is 0.958 bits per heavy atom. The molecule has 0 fully saturated rings. The zero-order chi connectivity index (χ0) is 17.4. The van der Waals surface area contributed by atoms with Gasteiger partial charge in [0.1, 0.15) is 5.75 Å². The molecule has 0 saturated heterocycles. The minimum Gasteiger partial charge on any atom is -0.491 e. The van der Waals surface area contributed by atoms with Gasteiger partial charge in [-0.2, -0.15) is 0 Å². The number of aromatic carboxylic acids is 1. The fourth-order valence-corrected chi connectivity index (χ4v) is 2.68. The van der Waals surface area contributed by atoms with Crippen molar-refractivity contribution in [1.29, 1.82) is 0 Å². The summed E-state index contributed by atoms with van der Waals surface area (Å²) < 4.78 is 5.96.